The maximum atomic E-state index is 11.8. The molecule has 1 heterocycles. The van der Waals surface area contributed by atoms with E-state index in [4.69, 9.17) is 15.6 Å². The monoisotopic (exact) mass is 288 g/mol. The fourth-order valence-corrected chi connectivity index (χ4v) is 1.64. The Kier molecular flexibility index (Phi) is 5.19. The smallest absolute Gasteiger partial charge is 0.251 e. The normalized spacial score (nSPS) is 10.2. The van der Waals surface area contributed by atoms with E-state index in [0.29, 0.717) is 29.4 Å². The highest BCUT2D eigenvalue weighted by molar-refractivity contribution is 5.94. The van der Waals surface area contributed by atoms with Gasteiger partial charge in [0.25, 0.3) is 5.91 Å². The lowest BCUT2D eigenvalue weighted by molar-refractivity contribution is 0.0944. The van der Waals surface area contributed by atoms with Crippen LogP contribution in [0.2, 0.25) is 0 Å². The van der Waals surface area contributed by atoms with Gasteiger partial charge in [-0.1, -0.05) is 6.07 Å². The molecule has 1 amide bonds. The van der Waals surface area contributed by atoms with E-state index in [1.165, 1.54) is 6.33 Å². The van der Waals surface area contributed by atoms with Gasteiger partial charge in [0.05, 0.1) is 12.3 Å². The first-order valence-electron chi connectivity index (χ1n) is 6.41. The molecule has 7 heteroatoms. The molecule has 0 unspecified atom stereocenters. The van der Waals surface area contributed by atoms with Crippen LogP contribution < -0.4 is 15.8 Å². The summed E-state index contributed by atoms with van der Waals surface area (Å²) in [6.45, 7) is 0.392. The zero-order valence-electron chi connectivity index (χ0n) is 11.3. The van der Waals surface area contributed by atoms with Crippen LogP contribution in [0.5, 0.6) is 11.6 Å². The molecule has 110 valence electrons. The first-order chi connectivity index (χ1) is 10.2. The Balaban J connectivity index is 2.11. The SMILES string of the molecule is NCc1cc(Oc2cccc(C(=O)NCCO)c2)ncn1. The number of hydrogen-bond acceptors (Lipinski definition) is 6. The molecule has 0 fully saturated rings. The predicted octanol–water partition coefficient (Wildman–Crippen LogP) is 0.450. The second-order valence-electron chi connectivity index (χ2n) is 4.16. The molecule has 0 atom stereocenters. The number of carbonyl (C=O) groups is 1. The predicted molar refractivity (Wildman–Crippen MR) is 75.9 cm³/mol. The lowest BCUT2D eigenvalue weighted by Crippen LogP contribution is -2.26. The number of aliphatic hydroxyl groups excluding tert-OH is 1. The summed E-state index contributed by atoms with van der Waals surface area (Å²) in [6.07, 6.45) is 1.37. The largest absolute Gasteiger partial charge is 0.439 e. The molecule has 1 aromatic heterocycles. The molecule has 2 aromatic rings. The first kappa shape index (κ1) is 14.9. The van der Waals surface area contributed by atoms with Crippen molar-refractivity contribution < 1.29 is 14.6 Å². The molecule has 0 aliphatic carbocycles. The van der Waals surface area contributed by atoms with Gasteiger partial charge < -0.3 is 20.9 Å². The lowest BCUT2D eigenvalue weighted by Gasteiger charge is -2.07. The van der Waals surface area contributed by atoms with Crippen LogP contribution in [0, 0.1) is 0 Å². The molecule has 4 N–H and O–H groups in total. The van der Waals surface area contributed by atoms with Crippen molar-refractivity contribution in [1.29, 1.82) is 0 Å². The number of nitrogens with one attached hydrogen (secondary N) is 1. The number of aliphatic hydroxyl groups is 1. The molecular formula is C14H16N4O3. The van der Waals surface area contributed by atoms with Gasteiger partial charge in [-0.15, -0.1) is 0 Å². The second-order valence-corrected chi connectivity index (χ2v) is 4.16. The summed E-state index contributed by atoms with van der Waals surface area (Å²) in [5.41, 5.74) is 6.61. The molecule has 0 radical (unpaired) electrons. The van der Waals surface area contributed by atoms with Gasteiger partial charge >= 0.3 is 0 Å². The van der Waals surface area contributed by atoms with Crippen molar-refractivity contribution >= 4 is 5.91 Å². The summed E-state index contributed by atoms with van der Waals surface area (Å²) >= 11 is 0. The maximum Gasteiger partial charge on any atom is 0.251 e. The number of ether oxygens (including phenoxy) is 1. The van der Waals surface area contributed by atoms with Gasteiger partial charge in [0.2, 0.25) is 5.88 Å². The van der Waals surface area contributed by atoms with Crippen LogP contribution in [-0.4, -0.2) is 34.1 Å². The van der Waals surface area contributed by atoms with Crippen molar-refractivity contribution in [2.75, 3.05) is 13.2 Å². The van der Waals surface area contributed by atoms with Gasteiger partial charge in [0.15, 0.2) is 0 Å². The number of rotatable bonds is 6. The molecule has 0 saturated carbocycles. The Morgan fingerprint density at radius 3 is 2.95 bits per heavy atom. The Morgan fingerprint density at radius 2 is 2.19 bits per heavy atom. The number of hydrogen-bond donors (Lipinski definition) is 3. The number of amides is 1. The van der Waals surface area contributed by atoms with E-state index in [-0.39, 0.29) is 19.1 Å². The van der Waals surface area contributed by atoms with Gasteiger partial charge in [0, 0.05) is 24.7 Å². The number of carbonyl (C=O) groups excluding carboxylic acids is 1. The van der Waals surface area contributed by atoms with Crippen LogP contribution in [0.3, 0.4) is 0 Å². The van der Waals surface area contributed by atoms with Gasteiger partial charge in [-0.05, 0) is 18.2 Å². The van der Waals surface area contributed by atoms with Crippen molar-refractivity contribution in [1.82, 2.24) is 15.3 Å². The fraction of sp³-hybridized carbons (Fsp3) is 0.214. The van der Waals surface area contributed by atoms with Crippen molar-refractivity contribution in [3.8, 4) is 11.6 Å². The summed E-state index contributed by atoms with van der Waals surface area (Å²) in [6, 6.07) is 8.31. The van der Waals surface area contributed by atoms with Crippen LogP contribution in [0.25, 0.3) is 0 Å². The van der Waals surface area contributed by atoms with Gasteiger partial charge in [-0.3, -0.25) is 4.79 Å². The van der Waals surface area contributed by atoms with E-state index < -0.39 is 0 Å². The van der Waals surface area contributed by atoms with Crippen molar-refractivity contribution in [3.05, 3.63) is 47.9 Å². The summed E-state index contributed by atoms with van der Waals surface area (Å²) in [4.78, 5) is 19.7. The van der Waals surface area contributed by atoms with Gasteiger partial charge in [-0.25, -0.2) is 9.97 Å². The average Bonchev–Trinajstić information content (AvgIpc) is 2.53. The van der Waals surface area contributed by atoms with Crippen LogP contribution in [0.15, 0.2) is 36.7 Å². The summed E-state index contributed by atoms with van der Waals surface area (Å²) in [5, 5.41) is 11.3. The highest BCUT2D eigenvalue weighted by atomic mass is 16.5. The minimum absolute atomic E-state index is 0.106. The Bertz CT molecular complexity index is 619. The Morgan fingerprint density at radius 1 is 1.33 bits per heavy atom. The second kappa shape index (κ2) is 7.32. The molecular weight excluding hydrogens is 272 g/mol. The standard InChI is InChI=1S/C14H16N4O3/c15-8-11-7-13(18-9-17-11)21-12-3-1-2-10(6-12)14(20)16-4-5-19/h1-3,6-7,9,19H,4-5,8,15H2,(H,16,20). The molecule has 0 spiro atoms. The van der Waals surface area contributed by atoms with E-state index in [0.717, 1.165) is 0 Å². The van der Waals surface area contributed by atoms with Crippen molar-refractivity contribution in [2.45, 2.75) is 6.54 Å². The number of nitrogens with two attached hydrogens (primary N) is 1. The molecule has 2 rings (SSSR count). The Hall–Kier alpha value is -2.51. The summed E-state index contributed by atoms with van der Waals surface area (Å²) in [7, 11) is 0. The van der Waals surface area contributed by atoms with Crippen LogP contribution >= 0.6 is 0 Å². The van der Waals surface area contributed by atoms with E-state index in [2.05, 4.69) is 15.3 Å². The van der Waals surface area contributed by atoms with Crippen LogP contribution in [0.4, 0.5) is 0 Å². The fourth-order valence-electron chi connectivity index (χ4n) is 1.64. The minimum atomic E-state index is -0.278. The molecule has 1 aromatic carbocycles. The lowest BCUT2D eigenvalue weighted by atomic mass is 10.2. The van der Waals surface area contributed by atoms with Crippen LogP contribution in [-0.2, 0) is 6.54 Å². The molecule has 0 saturated heterocycles. The van der Waals surface area contributed by atoms with E-state index in [9.17, 15) is 4.79 Å². The number of benzene rings is 1. The molecule has 0 aliphatic heterocycles. The zero-order chi connectivity index (χ0) is 15.1. The molecule has 0 aliphatic rings. The quantitative estimate of drug-likeness (QED) is 0.712. The average molecular weight is 288 g/mol. The summed E-state index contributed by atoms with van der Waals surface area (Å²) < 4.78 is 5.58. The van der Waals surface area contributed by atoms with Crippen LogP contribution in [0.1, 0.15) is 16.1 Å². The minimum Gasteiger partial charge on any atom is -0.439 e. The van der Waals surface area contributed by atoms with E-state index >= 15 is 0 Å². The summed E-state index contributed by atoms with van der Waals surface area (Å²) in [5.74, 6) is 0.562. The highest BCUT2D eigenvalue weighted by Gasteiger charge is 2.07. The number of nitrogens with zero attached hydrogens (tertiary/aromatic N) is 2. The number of aromatic nitrogens is 2. The maximum absolute atomic E-state index is 11.8. The Labute approximate surface area is 121 Å². The van der Waals surface area contributed by atoms with Gasteiger partial charge in [0.1, 0.15) is 12.1 Å². The first-order valence-corrected chi connectivity index (χ1v) is 6.41. The third-order valence-corrected chi connectivity index (χ3v) is 2.62. The third kappa shape index (κ3) is 4.23. The zero-order valence-corrected chi connectivity index (χ0v) is 11.3. The van der Waals surface area contributed by atoms with Crippen molar-refractivity contribution in [2.24, 2.45) is 5.73 Å². The molecule has 7 nitrogen and oxygen atoms in total. The highest BCUT2D eigenvalue weighted by Crippen LogP contribution is 2.20. The van der Waals surface area contributed by atoms with E-state index in [1.54, 1.807) is 30.3 Å². The third-order valence-electron chi connectivity index (χ3n) is 2.62. The van der Waals surface area contributed by atoms with Gasteiger partial charge in [-0.2, -0.15) is 0 Å². The molecule has 21 heavy (non-hydrogen) atoms. The van der Waals surface area contributed by atoms with E-state index in [1.807, 2.05) is 0 Å². The molecule has 0 bridgehead atoms. The van der Waals surface area contributed by atoms with Crippen molar-refractivity contribution in [3.63, 3.8) is 0 Å². The topological polar surface area (TPSA) is 110 Å².